The molecule has 0 radical (unpaired) electrons. The Morgan fingerprint density at radius 2 is 1.02 bits per heavy atom. The molecular formula is C48H30O. The Morgan fingerprint density at radius 3 is 1.80 bits per heavy atom. The highest BCUT2D eigenvalue weighted by atomic mass is 16.3. The molecule has 0 spiro atoms. The number of hydrogen-bond acceptors (Lipinski definition) is 1. The molecule has 0 N–H and O–H groups in total. The quantitative estimate of drug-likeness (QED) is 0.177. The Bertz CT molecular complexity index is 3160. The maximum Gasteiger partial charge on any atom is 0.136 e. The number of rotatable bonds is 4. The first kappa shape index (κ1) is 22.2. The van der Waals surface area contributed by atoms with Crippen molar-refractivity contribution in [1.29, 1.82) is 0 Å². The minimum absolute atomic E-state index is 0.000155. The molecule has 0 fully saturated rings. The maximum absolute atomic E-state index is 9.54. The predicted octanol–water partition coefficient (Wildman–Crippen LogP) is 13.7. The third-order valence-electron chi connectivity index (χ3n) is 9.55. The molecule has 1 aromatic heterocycles. The normalized spacial score (nSPS) is 13.4. The van der Waals surface area contributed by atoms with E-state index in [4.69, 9.17) is 9.90 Å². The van der Waals surface area contributed by atoms with Gasteiger partial charge in [-0.1, -0.05) is 152 Å². The van der Waals surface area contributed by atoms with E-state index >= 15 is 0 Å². The van der Waals surface area contributed by atoms with Crippen LogP contribution in [0.15, 0.2) is 186 Å². The highest BCUT2D eigenvalue weighted by molar-refractivity contribution is 6.25. The zero-order valence-electron chi connectivity index (χ0n) is 32.3. The molecule has 0 unspecified atom stereocenters. The molecular weight excluding hydrogens is 593 g/mol. The lowest BCUT2D eigenvalue weighted by Crippen LogP contribution is -1.91. The van der Waals surface area contributed by atoms with Gasteiger partial charge in [0.1, 0.15) is 11.2 Å². The molecule has 9 aromatic carbocycles. The molecule has 0 saturated heterocycles. The van der Waals surface area contributed by atoms with E-state index in [9.17, 15) is 2.74 Å². The van der Waals surface area contributed by atoms with Crippen LogP contribution in [0, 0.1) is 0 Å². The van der Waals surface area contributed by atoms with Crippen molar-refractivity contribution >= 4 is 54.3 Å². The van der Waals surface area contributed by atoms with E-state index < -0.39 is 0 Å². The first-order valence-electron chi connectivity index (χ1n) is 19.4. The molecule has 10 aromatic rings. The highest BCUT2D eigenvalue weighted by Gasteiger charge is 2.20. The Morgan fingerprint density at radius 1 is 0.388 bits per heavy atom. The number of fused-ring (bicyclic) bond motifs is 6. The second-order valence-corrected chi connectivity index (χ2v) is 12.4. The summed E-state index contributed by atoms with van der Waals surface area (Å²) >= 11 is 0. The predicted molar refractivity (Wildman–Crippen MR) is 208 cm³/mol. The Hall–Kier alpha value is -6.44. The molecule has 1 nitrogen and oxygen atoms in total. The van der Waals surface area contributed by atoms with Gasteiger partial charge in [-0.2, -0.15) is 0 Å². The van der Waals surface area contributed by atoms with Crippen molar-refractivity contribution in [2.45, 2.75) is 0 Å². The van der Waals surface area contributed by atoms with E-state index in [0.717, 1.165) is 43.8 Å². The van der Waals surface area contributed by atoms with Crippen molar-refractivity contribution in [3.05, 3.63) is 182 Å². The third kappa shape index (κ3) is 4.47. The Balaban J connectivity index is 1.31. The SMILES string of the molecule is [2H]c1c(-c2ccccc2)c([2H])c2c(oc3c([2H])c([2H])c([2H])c(-c4c5ccccc5c(-c5cccc(-c6ccc7ccccc7c6)c5)c5ccccc45)c32)c1[2H]. The highest BCUT2D eigenvalue weighted by Crippen LogP contribution is 2.47. The molecule has 0 aliphatic rings. The van der Waals surface area contributed by atoms with Gasteiger partial charge in [0.25, 0.3) is 0 Å². The van der Waals surface area contributed by atoms with Crippen molar-refractivity contribution in [1.82, 2.24) is 0 Å². The summed E-state index contributed by atoms with van der Waals surface area (Å²) < 4.78 is 61.2. The second kappa shape index (κ2) is 11.1. The van der Waals surface area contributed by atoms with Gasteiger partial charge in [0.05, 0.1) is 8.22 Å². The molecule has 1 heteroatoms. The van der Waals surface area contributed by atoms with E-state index in [2.05, 4.69) is 72.8 Å². The molecule has 0 atom stereocenters. The van der Waals surface area contributed by atoms with Gasteiger partial charge in [-0.3, -0.25) is 0 Å². The van der Waals surface area contributed by atoms with Gasteiger partial charge in [0.2, 0.25) is 0 Å². The smallest absolute Gasteiger partial charge is 0.136 e. The third-order valence-corrected chi connectivity index (χ3v) is 9.55. The van der Waals surface area contributed by atoms with E-state index in [1.54, 1.807) is 0 Å². The van der Waals surface area contributed by atoms with Crippen LogP contribution in [0.1, 0.15) is 8.22 Å². The zero-order valence-corrected chi connectivity index (χ0v) is 26.3. The summed E-state index contributed by atoms with van der Waals surface area (Å²) in [5, 5.41) is 6.51. The van der Waals surface area contributed by atoms with E-state index in [0.29, 0.717) is 22.1 Å². The summed E-state index contributed by atoms with van der Waals surface area (Å²) in [6.07, 6.45) is 0. The molecule has 0 aliphatic carbocycles. The Kier molecular flexibility index (Phi) is 5.02. The van der Waals surface area contributed by atoms with Crippen molar-refractivity contribution < 1.29 is 12.6 Å². The van der Waals surface area contributed by atoms with Crippen molar-refractivity contribution in [2.24, 2.45) is 0 Å². The monoisotopic (exact) mass is 628 g/mol. The van der Waals surface area contributed by atoms with Gasteiger partial charge >= 0.3 is 0 Å². The molecule has 0 aliphatic heterocycles. The summed E-state index contributed by atoms with van der Waals surface area (Å²) in [7, 11) is 0. The van der Waals surface area contributed by atoms with Crippen molar-refractivity contribution in [3.8, 4) is 44.5 Å². The topological polar surface area (TPSA) is 13.1 Å². The van der Waals surface area contributed by atoms with Crippen LogP contribution in [-0.4, -0.2) is 0 Å². The zero-order chi connectivity index (χ0) is 37.5. The minimum atomic E-state index is -0.311. The summed E-state index contributed by atoms with van der Waals surface area (Å²) in [5.74, 6) is 0. The molecule has 10 rings (SSSR count). The van der Waals surface area contributed by atoms with Crippen LogP contribution in [0.2, 0.25) is 0 Å². The van der Waals surface area contributed by atoms with E-state index in [1.807, 2.05) is 72.8 Å². The number of furan rings is 1. The van der Waals surface area contributed by atoms with Gasteiger partial charge in [-0.05, 0) is 107 Å². The lowest BCUT2D eigenvalue weighted by Gasteiger charge is -2.18. The molecule has 228 valence electrons. The lowest BCUT2D eigenvalue weighted by atomic mass is 9.84. The van der Waals surface area contributed by atoms with E-state index in [1.165, 1.54) is 10.8 Å². The van der Waals surface area contributed by atoms with Crippen molar-refractivity contribution in [2.75, 3.05) is 0 Å². The standard InChI is InChI=1S/C48H30O/c1-2-12-31(13-3-1)36-26-27-44-43(30-36)48-42(22-11-23-45(48)49-44)47-40-20-8-6-18-38(40)46(39-19-7-9-21-41(39)47)37-17-10-16-34(29-37)35-25-24-32-14-4-5-15-33(32)28-35/h1-30H/i11D,22D,23D,26D,27D,30D. The fourth-order valence-electron chi connectivity index (χ4n) is 7.32. The molecule has 0 bridgehead atoms. The number of hydrogen-bond donors (Lipinski definition) is 0. The van der Waals surface area contributed by atoms with Crippen LogP contribution in [-0.2, 0) is 0 Å². The fourth-order valence-corrected chi connectivity index (χ4v) is 7.32. The lowest BCUT2D eigenvalue weighted by molar-refractivity contribution is 0.669. The van der Waals surface area contributed by atoms with Crippen LogP contribution >= 0.6 is 0 Å². The van der Waals surface area contributed by atoms with Crippen LogP contribution in [0.4, 0.5) is 0 Å². The van der Waals surface area contributed by atoms with Gasteiger partial charge in [-0.25, -0.2) is 0 Å². The average Bonchev–Trinajstić information content (AvgIpc) is 3.63. The summed E-state index contributed by atoms with van der Waals surface area (Å²) in [6.45, 7) is 0. The van der Waals surface area contributed by atoms with Crippen LogP contribution in [0.3, 0.4) is 0 Å². The fraction of sp³-hybridized carbons (Fsp3) is 0. The van der Waals surface area contributed by atoms with Crippen molar-refractivity contribution in [3.63, 3.8) is 0 Å². The molecule has 49 heavy (non-hydrogen) atoms. The van der Waals surface area contributed by atoms with Crippen LogP contribution < -0.4 is 0 Å². The van der Waals surface area contributed by atoms with Crippen LogP contribution in [0.5, 0.6) is 0 Å². The molecule has 0 amide bonds. The average molecular weight is 629 g/mol. The van der Waals surface area contributed by atoms with E-state index in [-0.39, 0.29) is 58.4 Å². The molecule has 1 heterocycles. The van der Waals surface area contributed by atoms with Gasteiger partial charge < -0.3 is 4.42 Å². The van der Waals surface area contributed by atoms with Gasteiger partial charge in [0.15, 0.2) is 0 Å². The first-order chi connectivity index (χ1) is 26.8. The Labute approximate surface area is 292 Å². The summed E-state index contributed by atoms with van der Waals surface area (Å²) in [5.41, 5.74) is 6.22. The summed E-state index contributed by atoms with van der Waals surface area (Å²) in [4.78, 5) is 0. The first-order valence-corrected chi connectivity index (χ1v) is 16.4. The van der Waals surface area contributed by atoms with Gasteiger partial charge in [0, 0.05) is 10.8 Å². The summed E-state index contributed by atoms with van der Waals surface area (Å²) in [6, 6.07) is 47.5. The number of benzene rings is 9. The largest absolute Gasteiger partial charge is 0.456 e. The van der Waals surface area contributed by atoms with Crippen LogP contribution in [0.25, 0.3) is 98.8 Å². The minimum Gasteiger partial charge on any atom is -0.456 e. The second-order valence-electron chi connectivity index (χ2n) is 12.4. The van der Waals surface area contributed by atoms with Gasteiger partial charge in [-0.15, -0.1) is 0 Å². The maximum atomic E-state index is 9.54. The molecule has 0 saturated carbocycles.